The predicted molar refractivity (Wildman–Crippen MR) is 54.2 cm³/mol. The maximum atomic E-state index is 10.9. The molecule has 1 aliphatic rings. The van der Waals surface area contributed by atoms with Gasteiger partial charge in [-0.05, 0) is 32.1 Å². The van der Waals surface area contributed by atoms with Crippen molar-refractivity contribution in [2.75, 3.05) is 6.61 Å². The van der Waals surface area contributed by atoms with Crippen molar-refractivity contribution < 1.29 is 14.6 Å². The molecule has 0 aromatic carbocycles. The normalized spacial score (nSPS) is 23.6. The number of carbonyl (C=O) groups is 1. The highest BCUT2D eigenvalue weighted by Crippen LogP contribution is 2.21. The number of ether oxygens (including phenoxy) is 1. The first-order valence-electron chi connectivity index (χ1n) is 5.58. The van der Waals surface area contributed by atoms with Crippen molar-refractivity contribution >= 4 is 5.97 Å². The Labute approximate surface area is 85.5 Å². The Kier molecular flexibility index (Phi) is 4.94. The van der Waals surface area contributed by atoms with Gasteiger partial charge in [0.2, 0.25) is 0 Å². The molecule has 0 radical (unpaired) electrons. The number of carboxylic acid groups (broad SMARTS) is 1. The Bertz CT molecular complexity index is 173. The third-order valence-electron chi connectivity index (χ3n) is 2.85. The van der Waals surface area contributed by atoms with E-state index in [-0.39, 0.29) is 5.92 Å². The lowest BCUT2D eigenvalue weighted by atomic mass is 9.96. The minimum Gasteiger partial charge on any atom is -0.481 e. The quantitative estimate of drug-likeness (QED) is 0.716. The van der Waals surface area contributed by atoms with E-state index in [2.05, 4.69) is 0 Å². The van der Waals surface area contributed by atoms with Gasteiger partial charge < -0.3 is 9.84 Å². The Morgan fingerprint density at radius 3 is 2.86 bits per heavy atom. The summed E-state index contributed by atoms with van der Waals surface area (Å²) < 4.78 is 5.47. The second kappa shape index (κ2) is 6.02. The number of aliphatic carboxylic acids is 1. The van der Waals surface area contributed by atoms with Gasteiger partial charge >= 0.3 is 5.97 Å². The van der Waals surface area contributed by atoms with Crippen molar-refractivity contribution in [3.8, 4) is 0 Å². The van der Waals surface area contributed by atoms with Crippen molar-refractivity contribution in [1.82, 2.24) is 0 Å². The first kappa shape index (κ1) is 11.5. The van der Waals surface area contributed by atoms with Crippen LogP contribution in [0.25, 0.3) is 0 Å². The first-order chi connectivity index (χ1) is 6.74. The van der Waals surface area contributed by atoms with E-state index in [1.54, 1.807) is 0 Å². The molecule has 1 rings (SSSR count). The van der Waals surface area contributed by atoms with Crippen LogP contribution in [-0.2, 0) is 9.53 Å². The molecule has 1 saturated heterocycles. The van der Waals surface area contributed by atoms with Crippen molar-refractivity contribution in [2.45, 2.75) is 51.6 Å². The largest absolute Gasteiger partial charge is 0.481 e. The fourth-order valence-corrected chi connectivity index (χ4v) is 2.00. The van der Waals surface area contributed by atoms with Crippen LogP contribution in [0.4, 0.5) is 0 Å². The summed E-state index contributed by atoms with van der Waals surface area (Å²) in [5.74, 6) is -0.811. The molecule has 82 valence electrons. The van der Waals surface area contributed by atoms with Crippen LogP contribution < -0.4 is 0 Å². The second-order valence-corrected chi connectivity index (χ2v) is 4.04. The Balaban J connectivity index is 2.21. The number of carboxylic acids is 1. The summed E-state index contributed by atoms with van der Waals surface area (Å²) in [4.78, 5) is 10.9. The van der Waals surface area contributed by atoms with E-state index in [0.29, 0.717) is 6.10 Å². The molecule has 2 atom stereocenters. The minimum absolute atomic E-state index is 0.163. The molecule has 0 aromatic rings. The molecule has 3 heteroatoms. The van der Waals surface area contributed by atoms with E-state index in [9.17, 15) is 4.79 Å². The maximum Gasteiger partial charge on any atom is 0.306 e. The summed E-state index contributed by atoms with van der Waals surface area (Å²) in [5.41, 5.74) is 0. The lowest BCUT2D eigenvalue weighted by molar-refractivity contribution is -0.142. The molecule has 1 N–H and O–H groups in total. The van der Waals surface area contributed by atoms with Gasteiger partial charge in [0, 0.05) is 6.61 Å². The van der Waals surface area contributed by atoms with Gasteiger partial charge in [-0.15, -0.1) is 0 Å². The highest BCUT2D eigenvalue weighted by molar-refractivity contribution is 5.69. The van der Waals surface area contributed by atoms with E-state index in [4.69, 9.17) is 9.84 Å². The number of hydrogen-bond donors (Lipinski definition) is 1. The lowest BCUT2D eigenvalue weighted by Gasteiger charge is -2.14. The lowest BCUT2D eigenvalue weighted by Crippen LogP contribution is -2.16. The van der Waals surface area contributed by atoms with Crippen LogP contribution in [0.2, 0.25) is 0 Å². The predicted octanol–water partition coefficient (Wildman–Crippen LogP) is 2.45. The molecular weight excluding hydrogens is 180 g/mol. The third-order valence-corrected chi connectivity index (χ3v) is 2.85. The minimum atomic E-state index is -0.648. The van der Waals surface area contributed by atoms with Crippen molar-refractivity contribution in [1.29, 1.82) is 0 Å². The van der Waals surface area contributed by atoms with Crippen LogP contribution in [0, 0.1) is 5.92 Å². The summed E-state index contributed by atoms with van der Waals surface area (Å²) in [7, 11) is 0. The van der Waals surface area contributed by atoms with Gasteiger partial charge in [0.25, 0.3) is 0 Å². The summed E-state index contributed by atoms with van der Waals surface area (Å²) in [5, 5.41) is 8.94. The molecule has 1 aliphatic heterocycles. The number of hydrogen-bond acceptors (Lipinski definition) is 2. The standard InChI is InChI=1S/C11H20O3/c1-2-4-9(11(12)13)6-7-10-5-3-8-14-10/h9-10H,2-8H2,1H3,(H,12,13). The van der Waals surface area contributed by atoms with E-state index in [1.165, 1.54) is 0 Å². The van der Waals surface area contributed by atoms with Crippen LogP contribution in [0.15, 0.2) is 0 Å². The SMILES string of the molecule is CCCC(CCC1CCCO1)C(=O)O. The fraction of sp³-hybridized carbons (Fsp3) is 0.909. The second-order valence-electron chi connectivity index (χ2n) is 4.04. The van der Waals surface area contributed by atoms with Gasteiger partial charge in [-0.2, -0.15) is 0 Å². The first-order valence-corrected chi connectivity index (χ1v) is 5.58. The van der Waals surface area contributed by atoms with Crippen molar-refractivity contribution in [2.24, 2.45) is 5.92 Å². The highest BCUT2D eigenvalue weighted by atomic mass is 16.5. The summed E-state index contributed by atoms with van der Waals surface area (Å²) in [6, 6.07) is 0. The van der Waals surface area contributed by atoms with Crippen LogP contribution in [0.3, 0.4) is 0 Å². The molecule has 0 bridgehead atoms. The molecule has 3 nitrogen and oxygen atoms in total. The summed E-state index contributed by atoms with van der Waals surface area (Å²) >= 11 is 0. The molecule has 1 heterocycles. The van der Waals surface area contributed by atoms with Crippen LogP contribution in [0.5, 0.6) is 0 Å². The zero-order valence-electron chi connectivity index (χ0n) is 8.87. The highest BCUT2D eigenvalue weighted by Gasteiger charge is 2.21. The molecule has 1 fully saturated rings. The molecule has 14 heavy (non-hydrogen) atoms. The fourth-order valence-electron chi connectivity index (χ4n) is 2.00. The average Bonchev–Trinajstić information content (AvgIpc) is 2.64. The Morgan fingerprint density at radius 2 is 2.36 bits per heavy atom. The van der Waals surface area contributed by atoms with Gasteiger partial charge in [-0.3, -0.25) is 4.79 Å². The molecule has 0 aliphatic carbocycles. The van der Waals surface area contributed by atoms with Gasteiger partial charge in [0.1, 0.15) is 0 Å². The van der Waals surface area contributed by atoms with Crippen LogP contribution in [-0.4, -0.2) is 23.8 Å². The summed E-state index contributed by atoms with van der Waals surface area (Å²) in [6.45, 7) is 2.89. The zero-order chi connectivity index (χ0) is 10.4. The van der Waals surface area contributed by atoms with E-state index < -0.39 is 5.97 Å². The molecule has 0 amide bonds. The van der Waals surface area contributed by atoms with Gasteiger partial charge in [-0.25, -0.2) is 0 Å². The van der Waals surface area contributed by atoms with E-state index in [0.717, 1.165) is 45.1 Å². The van der Waals surface area contributed by atoms with Crippen molar-refractivity contribution in [3.63, 3.8) is 0 Å². The zero-order valence-corrected chi connectivity index (χ0v) is 8.87. The molecule has 0 aromatic heterocycles. The van der Waals surface area contributed by atoms with E-state index >= 15 is 0 Å². The maximum absolute atomic E-state index is 10.9. The molecule has 2 unspecified atom stereocenters. The van der Waals surface area contributed by atoms with Gasteiger partial charge in [-0.1, -0.05) is 13.3 Å². The van der Waals surface area contributed by atoms with Gasteiger partial charge in [0.15, 0.2) is 0 Å². The summed E-state index contributed by atoms with van der Waals surface area (Å²) in [6.07, 6.45) is 6.00. The Morgan fingerprint density at radius 1 is 1.57 bits per heavy atom. The van der Waals surface area contributed by atoms with E-state index in [1.807, 2.05) is 6.92 Å². The topological polar surface area (TPSA) is 46.5 Å². The number of rotatable bonds is 6. The monoisotopic (exact) mass is 200 g/mol. The average molecular weight is 200 g/mol. The van der Waals surface area contributed by atoms with Crippen molar-refractivity contribution in [3.05, 3.63) is 0 Å². The third kappa shape index (κ3) is 3.66. The molecule has 0 saturated carbocycles. The van der Waals surface area contributed by atoms with Crippen LogP contribution >= 0.6 is 0 Å². The van der Waals surface area contributed by atoms with Gasteiger partial charge in [0.05, 0.1) is 12.0 Å². The smallest absolute Gasteiger partial charge is 0.306 e. The van der Waals surface area contributed by atoms with Crippen LogP contribution in [0.1, 0.15) is 45.4 Å². The molecular formula is C11H20O3. The Hall–Kier alpha value is -0.570. The molecule has 0 spiro atoms.